The van der Waals surface area contributed by atoms with Crippen molar-refractivity contribution in [3.63, 3.8) is 0 Å². The van der Waals surface area contributed by atoms with Crippen molar-refractivity contribution < 1.29 is 8.54 Å². The van der Waals surface area contributed by atoms with Crippen LogP contribution >= 0.6 is 0 Å². The zero-order valence-electron chi connectivity index (χ0n) is 11.4. The summed E-state index contributed by atoms with van der Waals surface area (Å²) in [7, 11) is -1.67. The van der Waals surface area contributed by atoms with Gasteiger partial charge in [-0.05, 0) is 45.2 Å². The van der Waals surface area contributed by atoms with Gasteiger partial charge in [0.2, 0.25) is 0 Å². The summed E-state index contributed by atoms with van der Waals surface area (Å²) < 4.78 is 11.6. The van der Waals surface area contributed by atoms with E-state index >= 15 is 0 Å². The van der Waals surface area contributed by atoms with Gasteiger partial charge in [0.25, 0.3) is 0 Å². The zero-order chi connectivity index (χ0) is 12.7. The number of nitrogens with one attached hydrogen (secondary N) is 1. The molecule has 0 atom stereocenters. The SMILES string of the molecule is CO[Si](C)(C)O[Si](C)(C)CCCNCCN. The highest BCUT2D eigenvalue weighted by atomic mass is 28.4. The lowest BCUT2D eigenvalue weighted by Crippen LogP contribution is -2.46. The molecule has 16 heavy (non-hydrogen) atoms. The van der Waals surface area contributed by atoms with Gasteiger partial charge in [-0.3, -0.25) is 0 Å². The van der Waals surface area contributed by atoms with Crippen LogP contribution in [-0.4, -0.2) is 43.6 Å². The van der Waals surface area contributed by atoms with Crippen LogP contribution in [0.15, 0.2) is 0 Å². The fraction of sp³-hybridized carbons (Fsp3) is 1.00. The highest BCUT2D eigenvalue weighted by molar-refractivity contribution is 6.82. The van der Waals surface area contributed by atoms with Gasteiger partial charge in [-0.25, -0.2) is 0 Å². The van der Waals surface area contributed by atoms with Crippen molar-refractivity contribution in [1.82, 2.24) is 5.32 Å². The van der Waals surface area contributed by atoms with Gasteiger partial charge in [-0.15, -0.1) is 0 Å². The van der Waals surface area contributed by atoms with Crippen LogP contribution in [-0.2, 0) is 8.54 Å². The van der Waals surface area contributed by atoms with Crippen molar-refractivity contribution >= 4 is 16.9 Å². The van der Waals surface area contributed by atoms with Crippen molar-refractivity contribution in [3.05, 3.63) is 0 Å². The van der Waals surface area contributed by atoms with E-state index in [1.54, 1.807) is 7.11 Å². The lowest BCUT2D eigenvalue weighted by atomic mass is 10.5. The molecule has 0 unspecified atom stereocenters. The fourth-order valence-corrected chi connectivity index (χ4v) is 8.72. The summed E-state index contributed by atoms with van der Waals surface area (Å²) in [6.07, 6.45) is 1.16. The van der Waals surface area contributed by atoms with E-state index in [1.807, 2.05) is 0 Å². The third-order valence-corrected chi connectivity index (χ3v) is 9.18. The van der Waals surface area contributed by atoms with Gasteiger partial charge in [0, 0.05) is 20.2 Å². The minimum Gasteiger partial charge on any atom is -0.436 e. The standard InChI is InChI=1S/C10H28N2O2Si2/c1-13-16(4,5)14-15(2,3)10-6-8-12-9-7-11/h12H,6-11H2,1-5H3. The molecule has 0 saturated carbocycles. The van der Waals surface area contributed by atoms with E-state index in [0.29, 0.717) is 6.54 Å². The first-order valence-electron chi connectivity index (χ1n) is 5.99. The second-order valence-electron chi connectivity index (χ2n) is 5.11. The van der Waals surface area contributed by atoms with Crippen LogP contribution in [0, 0.1) is 0 Å². The minimum absolute atomic E-state index is 0.709. The summed E-state index contributed by atoms with van der Waals surface area (Å²) in [5, 5.41) is 3.31. The Labute approximate surface area is 102 Å². The average molecular weight is 265 g/mol. The largest absolute Gasteiger partial charge is 0.436 e. The summed E-state index contributed by atoms with van der Waals surface area (Å²) in [6, 6.07) is 1.17. The highest BCUT2D eigenvalue weighted by Crippen LogP contribution is 2.19. The van der Waals surface area contributed by atoms with Crippen LogP contribution in [0.1, 0.15) is 6.42 Å². The monoisotopic (exact) mass is 264 g/mol. The minimum atomic E-state index is -1.87. The molecule has 0 aliphatic carbocycles. The summed E-state index contributed by atoms with van der Waals surface area (Å²) >= 11 is 0. The summed E-state index contributed by atoms with van der Waals surface area (Å²) in [5.41, 5.74) is 5.41. The third-order valence-electron chi connectivity index (χ3n) is 2.47. The predicted molar refractivity (Wildman–Crippen MR) is 74.4 cm³/mol. The van der Waals surface area contributed by atoms with E-state index in [9.17, 15) is 0 Å². The smallest absolute Gasteiger partial charge is 0.321 e. The van der Waals surface area contributed by atoms with Gasteiger partial charge in [-0.2, -0.15) is 0 Å². The molecule has 0 aliphatic heterocycles. The average Bonchev–Trinajstić information content (AvgIpc) is 2.16. The van der Waals surface area contributed by atoms with Crippen molar-refractivity contribution in [2.75, 3.05) is 26.7 Å². The molecule has 0 heterocycles. The first-order valence-corrected chi connectivity index (χ1v) is 11.9. The first kappa shape index (κ1) is 16.3. The lowest BCUT2D eigenvalue weighted by Gasteiger charge is -2.32. The molecular weight excluding hydrogens is 236 g/mol. The molecule has 0 fully saturated rings. The molecule has 98 valence electrons. The molecule has 0 spiro atoms. The quantitative estimate of drug-likeness (QED) is 0.489. The molecule has 0 aromatic rings. The maximum atomic E-state index is 6.18. The highest BCUT2D eigenvalue weighted by Gasteiger charge is 2.33. The lowest BCUT2D eigenvalue weighted by molar-refractivity contribution is 0.309. The zero-order valence-corrected chi connectivity index (χ0v) is 13.4. The molecule has 0 radical (unpaired) electrons. The summed E-state index contributed by atoms with van der Waals surface area (Å²) in [4.78, 5) is 0. The van der Waals surface area contributed by atoms with Crippen molar-refractivity contribution in [2.45, 2.75) is 38.7 Å². The molecule has 0 aliphatic rings. The summed E-state index contributed by atoms with van der Waals surface area (Å²) in [5.74, 6) is 0. The summed E-state index contributed by atoms with van der Waals surface area (Å²) in [6.45, 7) is 11.4. The number of rotatable bonds is 9. The molecular formula is C10H28N2O2Si2. The van der Waals surface area contributed by atoms with Gasteiger partial charge in [0.1, 0.15) is 0 Å². The van der Waals surface area contributed by atoms with E-state index in [2.05, 4.69) is 31.5 Å². The third kappa shape index (κ3) is 8.43. The second kappa shape index (κ2) is 7.57. The van der Waals surface area contributed by atoms with Gasteiger partial charge >= 0.3 is 8.56 Å². The maximum absolute atomic E-state index is 6.18. The Kier molecular flexibility index (Phi) is 7.70. The van der Waals surface area contributed by atoms with Crippen LogP contribution < -0.4 is 11.1 Å². The Morgan fingerprint density at radius 1 is 1.12 bits per heavy atom. The Bertz CT molecular complexity index is 190. The maximum Gasteiger partial charge on any atom is 0.321 e. The molecule has 0 amide bonds. The predicted octanol–water partition coefficient (Wildman–Crippen LogP) is 1.49. The topological polar surface area (TPSA) is 56.5 Å². The van der Waals surface area contributed by atoms with Crippen LogP contribution in [0.4, 0.5) is 0 Å². The van der Waals surface area contributed by atoms with Crippen LogP contribution in [0.25, 0.3) is 0 Å². The van der Waals surface area contributed by atoms with E-state index in [0.717, 1.165) is 19.5 Å². The Morgan fingerprint density at radius 3 is 2.25 bits per heavy atom. The van der Waals surface area contributed by atoms with E-state index in [4.69, 9.17) is 14.3 Å². The molecule has 0 bridgehead atoms. The normalized spacial score (nSPS) is 13.1. The van der Waals surface area contributed by atoms with Crippen molar-refractivity contribution in [1.29, 1.82) is 0 Å². The van der Waals surface area contributed by atoms with Gasteiger partial charge in [-0.1, -0.05) is 0 Å². The fourth-order valence-electron chi connectivity index (χ4n) is 1.62. The molecule has 0 rings (SSSR count). The van der Waals surface area contributed by atoms with Crippen molar-refractivity contribution in [2.24, 2.45) is 5.73 Å². The number of hydrogen-bond donors (Lipinski definition) is 2. The number of nitrogens with two attached hydrogens (primary N) is 1. The number of hydrogen-bond acceptors (Lipinski definition) is 4. The molecule has 6 heteroatoms. The molecule has 3 N–H and O–H groups in total. The van der Waals surface area contributed by atoms with E-state index in [-0.39, 0.29) is 0 Å². The Balaban J connectivity index is 3.78. The second-order valence-corrected chi connectivity index (χ2v) is 13.2. The van der Waals surface area contributed by atoms with Crippen LogP contribution in [0.3, 0.4) is 0 Å². The Hall–Kier alpha value is 0.274. The van der Waals surface area contributed by atoms with Gasteiger partial charge < -0.3 is 19.6 Å². The van der Waals surface area contributed by atoms with Crippen LogP contribution in [0.5, 0.6) is 0 Å². The van der Waals surface area contributed by atoms with E-state index < -0.39 is 16.9 Å². The molecule has 4 nitrogen and oxygen atoms in total. The Morgan fingerprint density at radius 2 is 1.75 bits per heavy atom. The first-order chi connectivity index (χ1) is 7.33. The van der Waals surface area contributed by atoms with Crippen LogP contribution in [0.2, 0.25) is 32.2 Å². The molecule has 0 saturated heterocycles. The van der Waals surface area contributed by atoms with Gasteiger partial charge in [0.15, 0.2) is 8.32 Å². The molecule has 0 aromatic heterocycles. The van der Waals surface area contributed by atoms with Gasteiger partial charge in [0.05, 0.1) is 0 Å². The van der Waals surface area contributed by atoms with E-state index in [1.165, 1.54) is 6.04 Å². The van der Waals surface area contributed by atoms with Crippen molar-refractivity contribution in [3.8, 4) is 0 Å². The molecule has 0 aromatic carbocycles.